The third-order valence-electron chi connectivity index (χ3n) is 4.82. The molecule has 0 saturated carbocycles. The molecule has 2 saturated heterocycles. The third-order valence-corrected chi connectivity index (χ3v) is 5.96. The van der Waals surface area contributed by atoms with Crippen LogP contribution < -0.4 is 4.90 Å². The van der Waals surface area contributed by atoms with E-state index < -0.39 is 0 Å². The van der Waals surface area contributed by atoms with Crippen LogP contribution >= 0.6 is 11.3 Å². The van der Waals surface area contributed by atoms with Gasteiger partial charge in [0.05, 0.1) is 11.6 Å². The fraction of sp³-hybridized carbons (Fsp3) is 0.688. The van der Waals surface area contributed by atoms with Gasteiger partial charge >= 0.3 is 0 Å². The minimum atomic E-state index is -0.154. The lowest BCUT2D eigenvalue weighted by Gasteiger charge is -2.35. The maximum atomic E-state index is 12.6. The van der Waals surface area contributed by atoms with Gasteiger partial charge in [-0.15, -0.1) is 11.3 Å². The molecular weight excluding hydrogens is 312 g/mol. The fourth-order valence-electron chi connectivity index (χ4n) is 3.21. The second kappa shape index (κ2) is 6.47. The Hall–Kier alpha value is -1.63. The largest absolute Gasteiger partial charge is 0.345 e. The smallest absolute Gasteiger partial charge is 0.228 e. The maximum absolute atomic E-state index is 12.6. The van der Waals surface area contributed by atoms with Crippen LogP contribution in [0.15, 0.2) is 0 Å². The van der Waals surface area contributed by atoms with Gasteiger partial charge in [-0.2, -0.15) is 0 Å². The molecule has 2 aliphatic rings. The Labute approximate surface area is 141 Å². The summed E-state index contributed by atoms with van der Waals surface area (Å²) in [4.78, 5) is 36.2. The van der Waals surface area contributed by atoms with Gasteiger partial charge in [0.1, 0.15) is 0 Å². The van der Waals surface area contributed by atoms with Crippen molar-refractivity contribution in [3.63, 3.8) is 0 Å². The molecule has 2 fully saturated rings. The first-order valence-electron chi connectivity index (χ1n) is 8.25. The number of piperazine rings is 1. The van der Waals surface area contributed by atoms with Crippen LogP contribution in [0.2, 0.25) is 0 Å². The Balaban J connectivity index is 1.56. The van der Waals surface area contributed by atoms with Crippen molar-refractivity contribution in [1.82, 2.24) is 14.8 Å². The molecule has 23 heavy (non-hydrogen) atoms. The molecule has 0 spiro atoms. The highest BCUT2D eigenvalue weighted by molar-refractivity contribution is 7.15. The number of hydrogen-bond acceptors (Lipinski definition) is 5. The molecule has 0 N–H and O–H groups in total. The number of amides is 2. The second-order valence-electron chi connectivity index (χ2n) is 6.28. The van der Waals surface area contributed by atoms with Crippen molar-refractivity contribution < 1.29 is 9.59 Å². The summed E-state index contributed by atoms with van der Waals surface area (Å²) in [5.74, 6) is 0.0945. The molecule has 0 bridgehead atoms. The number of carbonyl (C=O) groups excluding carboxylic acids is 2. The Morgan fingerprint density at radius 1 is 1.26 bits per heavy atom. The molecule has 0 unspecified atom stereocenters. The average Bonchev–Trinajstić information content (AvgIpc) is 3.09. The molecule has 126 valence electrons. The lowest BCUT2D eigenvalue weighted by atomic mass is 10.1. The maximum Gasteiger partial charge on any atom is 0.228 e. The Morgan fingerprint density at radius 2 is 1.96 bits per heavy atom. The topological polar surface area (TPSA) is 56.8 Å². The SMILES string of the molecule is CCN1C[C@H](C(=O)N2CCN(c3nc(C)c(C)s3)CC2)CC1=O. The summed E-state index contributed by atoms with van der Waals surface area (Å²) in [6, 6.07) is 0. The second-order valence-corrected chi connectivity index (χ2v) is 7.47. The van der Waals surface area contributed by atoms with Gasteiger partial charge in [-0.3, -0.25) is 9.59 Å². The van der Waals surface area contributed by atoms with E-state index in [0.717, 1.165) is 23.9 Å². The normalized spacial score (nSPS) is 22.1. The van der Waals surface area contributed by atoms with Gasteiger partial charge < -0.3 is 14.7 Å². The number of rotatable bonds is 3. The van der Waals surface area contributed by atoms with Gasteiger partial charge in [-0.25, -0.2) is 4.98 Å². The van der Waals surface area contributed by atoms with Crippen LogP contribution in [0.4, 0.5) is 5.13 Å². The number of thiazole rings is 1. The van der Waals surface area contributed by atoms with E-state index in [1.54, 1.807) is 16.2 Å². The lowest BCUT2D eigenvalue weighted by Crippen LogP contribution is -2.50. The summed E-state index contributed by atoms with van der Waals surface area (Å²) in [5, 5.41) is 1.06. The highest BCUT2D eigenvalue weighted by Crippen LogP contribution is 2.27. The van der Waals surface area contributed by atoms with E-state index in [4.69, 9.17) is 0 Å². The van der Waals surface area contributed by atoms with Gasteiger partial charge in [0, 0.05) is 50.6 Å². The van der Waals surface area contributed by atoms with Crippen molar-refractivity contribution in [2.45, 2.75) is 27.2 Å². The number of hydrogen-bond donors (Lipinski definition) is 0. The minimum absolute atomic E-state index is 0.109. The predicted octanol–water partition coefficient (Wildman–Crippen LogP) is 1.28. The van der Waals surface area contributed by atoms with Gasteiger partial charge in [0.2, 0.25) is 11.8 Å². The zero-order valence-corrected chi connectivity index (χ0v) is 14.9. The molecule has 0 aliphatic carbocycles. The van der Waals surface area contributed by atoms with E-state index in [-0.39, 0.29) is 17.7 Å². The number of likely N-dealkylation sites (tertiary alicyclic amines) is 1. The van der Waals surface area contributed by atoms with Gasteiger partial charge in [0.25, 0.3) is 0 Å². The summed E-state index contributed by atoms with van der Waals surface area (Å²) in [5.41, 5.74) is 1.09. The van der Waals surface area contributed by atoms with E-state index in [1.807, 2.05) is 18.7 Å². The number of aromatic nitrogens is 1. The average molecular weight is 336 g/mol. The van der Waals surface area contributed by atoms with Crippen LogP contribution in [0.1, 0.15) is 23.9 Å². The zero-order chi connectivity index (χ0) is 16.6. The molecule has 2 aliphatic heterocycles. The molecule has 0 radical (unpaired) electrons. The molecule has 2 amide bonds. The summed E-state index contributed by atoms with van der Waals surface area (Å²) in [6.45, 7) is 10.4. The van der Waals surface area contributed by atoms with Crippen LogP contribution in [-0.2, 0) is 9.59 Å². The predicted molar refractivity (Wildman–Crippen MR) is 90.7 cm³/mol. The third kappa shape index (κ3) is 3.20. The number of anilines is 1. The zero-order valence-electron chi connectivity index (χ0n) is 14.0. The van der Waals surface area contributed by atoms with Crippen molar-refractivity contribution >= 4 is 28.3 Å². The van der Waals surface area contributed by atoms with Crippen LogP contribution in [-0.4, -0.2) is 65.9 Å². The molecule has 3 heterocycles. The Kier molecular flexibility index (Phi) is 4.57. The van der Waals surface area contributed by atoms with Gasteiger partial charge in [-0.1, -0.05) is 0 Å². The van der Waals surface area contributed by atoms with Crippen molar-refractivity contribution in [3.05, 3.63) is 10.6 Å². The number of aryl methyl sites for hydroxylation is 2. The van der Waals surface area contributed by atoms with Gasteiger partial charge in [0.15, 0.2) is 5.13 Å². The van der Waals surface area contributed by atoms with E-state index in [9.17, 15) is 9.59 Å². The molecule has 3 rings (SSSR count). The van der Waals surface area contributed by atoms with E-state index in [2.05, 4.69) is 16.8 Å². The number of carbonyl (C=O) groups is 2. The summed E-state index contributed by atoms with van der Waals surface area (Å²) in [6.07, 6.45) is 0.373. The fourth-order valence-corrected chi connectivity index (χ4v) is 4.17. The quantitative estimate of drug-likeness (QED) is 0.834. The summed E-state index contributed by atoms with van der Waals surface area (Å²) < 4.78 is 0. The first-order chi connectivity index (χ1) is 11.0. The summed E-state index contributed by atoms with van der Waals surface area (Å²) in [7, 11) is 0. The highest BCUT2D eigenvalue weighted by Gasteiger charge is 2.36. The first kappa shape index (κ1) is 16.2. The van der Waals surface area contributed by atoms with Crippen molar-refractivity contribution in [3.8, 4) is 0 Å². The van der Waals surface area contributed by atoms with Crippen molar-refractivity contribution in [1.29, 1.82) is 0 Å². The standard InChI is InChI=1S/C16H24N4O2S/c1-4-18-10-13(9-14(18)21)15(22)19-5-7-20(8-6-19)16-17-11(2)12(3)23-16/h13H,4-10H2,1-3H3/t13-/m1/s1. The molecule has 0 aromatic carbocycles. The Bertz CT molecular complexity index is 588. The Morgan fingerprint density at radius 3 is 2.48 bits per heavy atom. The van der Waals surface area contributed by atoms with Crippen molar-refractivity contribution in [2.24, 2.45) is 5.92 Å². The highest BCUT2D eigenvalue weighted by atomic mass is 32.1. The van der Waals surface area contributed by atoms with E-state index in [0.29, 0.717) is 32.6 Å². The molecule has 1 aromatic rings. The number of nitrogens with zero attached hydrogens (tertiary/aromatic N) is 4. The van der Waals surface area contributed by atoms with E-state index >= 15 is 0 Å². The van der Waals surface area contributed by atoms with Crippen LogP contribution in [0, 0.1) is 19.8 Å². The van der Waals surface area contributed by atoms with Crippen LogP contribution in [0.5, 0.6) is 0 Å². The molecule has 7 heteroatoms. The lowest BCUT2D eigenvalue weighted by molar-refractivity contribution is -0.136. The molecule has 1 aromatic heterocycles. The van der Waals surface area contributed by atoms with Crippen molar-refractivity contribution in [2.75, 3.05) is 44.2 Å². The van der Waals surface area contributed by atoms with Gasteiger partial charge in [-0.05, 0) is 20.8 Å². The monoisotopic (exact) mass is 336 g/mol. The minimum Gasteiger partial charge on any atom is -0.345 e. The summed E-state index contributed by atoms with van der Waals surface area (Å²) >= 11 is 1.72. The molecular formula is C16H24N4O2S. The molecule has 1 atom stereocenters. The van der Waals surface area contributed by atoms with E-state index in [1.165, 1.54) is 4.88 Å². The van der Waals surface area contributed by atoms with Crippen LogP contribution in [0.3, 0.4) is 0 Å². The molecule has 6 nitrogen and oxygen atoms in total. The first-order valence-corrected chi connectivity index (χ1v) is 9.06. The van der Waals surface area contributed by atoms with Crippen LogP contribution in [0.25, 0.3) is 0 Å².